The summed E-state index contributed by atoms with van der Waals surface area (Å²) >= 11 is 0. The summed E-state index contributed by atoms with van der Waals surface area (Å²) in [5.74, 6) is -0.0200. The molecule has 4 nitrogen and oxygen atoms in total. The summed E-state index contributed by atoms with van der Waals surface area (Å²) in [5, 5.41) is 6.22. The Morgan fingerprint density at radius 2 is 2.41 bits per heavy atom. The molecule has 0 aromatic heterocycles. The van der Waals surface area contributed by atoms with Crippen molar-refractivity contribution in [2.45, 2.75) is 25.4 Å². The number of hydrogen-bond donors (Lipinski definition) is 2. The minimum Gasteiger partial charge on any atom is -0.384 e. The number of ether oxygens (including phenoxy) is 1. The van der Waals surface area contributed by atoms with Crippen molar-refractivity contribution in [2.24, 2.45) is 0 Å². The lowest BCUT2D eigenvalue weighted by Crippen LogP contribution is -2.26. The van der Waals surface area contributed by atoms with E-state index in [9.17, 15) is 4.79 Å². The van der Waals surface area contributed by atoms with Gasteiger partial charge in [0.25, 0.3) is 5.91 Å². The minimum atomic E-state index is -0.263. The lowest BCUT2D eigenvalue weighted by Gasteiger charge is -2.11. The van der Waals surface area contributed by atoms with Crippen LogP contribution in [0.5, 0.6) is 0 Å². The summed E-state index contributed by atoms with van der Waals surface area (Å²) < 4.78 is 5.36. The summed E-state index contributed by atoms with van der Waals surface area (Å²) in [7, 11) is 0. The van der Waals surface area contributed by atoms with E-state index in [1.54, 1.807) is 0 Å². The Morgan fingerprint density at radius 3 is 3.24 bits per heavy atom. The Hall–Kier alpha value is -1.55. The van der Waals surface area contributed by atoms with E-state index in [4.69, 9.17) is 4.74 Å². The first-order valence-electron chi connectivity index (χ1n) is 6.12. The van der Waals surface area contributed by atoms with Crippen molar-refractivity contribution >= 4 is 17.3 Å². The van der Waals surface area contributed by atoms with E-state index >= 15 is 0 Å². The Balaban J connectivity index is 1.70. The number of rotatable bonds is 2. The van der Waals surface area contributed by atoms with E-state index < -0.39 is 0 Å². The van der Waals surface area contributed by atoms with Gasteiger partial charge in [-0.25, -0.2) is 0 Å². The molecule has 1 aromatic rings. The number of carbonyl (C=O) groups excluding carboxylic acids is 1. The predicted octanol–water partition coefficient (Wildman–Crippen LogP) is 1.77. The molecule has 0 bridgehead atoms. The standard InChI is InChI=1S/C13H16N2O2/c16-13(12-2-1-7-17-12)15-10-3-4-11-9(8-10)5-6-14-11/h3-4,8,12,14H,1-2,5-7H2,(H,15,16)/t12-/m1/s1. The quantitative estimate of drug-likeness (QED) is 0.817. The average Bonchev–Trinajstić information content (AvgIpc) is 2.99. The summed E-state index contributed by atoms with van der Waals surface area (Å²) in [6.45, 7) is 1.69. The third-order valence-corrected chi connectivity index (χ3v) is 3.30. The third kappa shape index (κ3) is 2.13. The van der Waals surface area contributed by atoms with Crippen LogP contribution >= 0.6 is 0 Å². The van der Waals surface area contributed by atoms with Crippen molar-refractivity contribution in [2.75, 3.05) is 23.8 Å². The molecule has 1 saturated heterocycles. The molecule has 1 amide bonds. The largest absolute Gasteiger partial charge is 0.384 e. The molecule has 0 unspecified atom stereocenters. The molecule has 4 heteroatoms. The molecule has 17 heavy (non-hydrogen) atoms. The summed E-state index contributed by atoms with van der Waals surface area (Å²) in [4.78, 5) is 11.9. The highest BCUT2D eigenvalue weighted by Crippen LogP contribution is 2.25. The van der Waals surface area contributed by atoms with Crippen LogP contribution in [0.4, 0.5) is 11.4 Å². The van der Waals surface area contributed by atoms with Crippen LogP contribution in [0.2, 0.25) is 0 Å². The smallest absolute Gasteiger partial charge is 0.253 e. The maximum Gasteiger partial charge on any atom is 0.253 e. The van der Waals surface area contributed by atoms with Crippen LogP contribution in [0.15, 0.2) is 18.2 Å². The zero-order chi connectivity index (χ0) is 11.7. The summed E-state index contributed by atoms with van der Waals surface area (Å²) in [6, 6.07) is 6.00. The molecular weight excluding hydrogens is 216 g/mol. The van der Waals surface area contributed by atoms with Crippen molar-refractivity contribution < 1.29 is 9.53 Å². The number of fused-ring (bicyclic) bond motifs is 1. The molecule has 1 fully saturated rings. The summed E-state index contributed by atoms with van der Waals surface area (Å²) in [6.07, 6.45) is 2.57. The van der Waals surface area contributed by atoms with Crippen LogP contribution in [0.1, 0.15) is 18.4 Å². The maximum atomic E-state index is 11.9. The van der Waals surface area contributed by atoms with Crippen LogP contribution in [0.25, 0.3) is 0 Å². The summed E-state index contributed by atoms with van der Waals surface area (Å²) in [5.41, 5.74) is 3.32. The van der Waals surface area contributed by atoms with Crippen LogP contribution in [-0.2, 0) is 16.0 Å². The number of benzene rings is 1. The second-order valence-electron chi connectivity index (χ2n) is 4.54. The van der Waals surface area contributed by atoms with Gasteiger partial charge in [-0.2, -0.15) is 0 Å². The molecule has 1 aromatic carbocycles. The first-order valence-corrected chi connectivity index (χ1v) is 6.12. The van der Waals surface area contributed by atoms with Gasteiger partial charge in [-0.1, -0.05) is 0 Å². The van der Waals surface area contributed by atoms with Crippen LogP contribution in [-0.4, -0.2) is 25.2 Å². The second kappa shape index (κ2) is 4.37. The molecule has 0 radical (unpaired) electrons. The fourth-order valence-corrected chi connectivity index (χ4v) is 2.39. The van der Waals surface area contributed by atoms with Gasteiger partial charge in [-0.3, -0.25) is 4.79 Å². The number of hydrogen-bond acceptors (Lipinski definition) is 3. The van der Waals surface area contributed by atoms with E-state index in [1.807, 2.05) is 18.2 Å². The highest BCUT2D eigenvalue weighted by molar-refractivity contribution is 5.94. The van der Waals surface area contributed by atoms with E-state index in [-0.39, 0.29) is 12.0 Å². The monoisotopic (exact) mass is 232 g/mol. The molecule has 3 rings (SSSR count). The lowest BCUT2D eigenvalue weighted by molar-refractivity contribution is -0.124. The third-order valence-electron chi connectivity index (χ3n) is 3.30. The van der Waals surface area contributed by atoms with Crippen molar-refractivity contribution in [1.29, 1.82) is 0 Å². The first kappa shape index (κ1) is 10.6. The normalized spacial score (nSPS) is 22.0. The molecule has 0 aliphatic carbocycles. The fraction of sp³-hybridized carbons (Fsp3) is 0.462. The number of amides is 1. The highest BCUT2D eigenvalue weighted by atomic mass is 16.5. The molecule has 2 aliphatic heterocycles. The van der Waals surface area contributed by atoms with Crippen LogP contribution in [0, 0.1) is 0 Å². The maximum absolute atomic E-state index is 11.9. The van der Waals surface area contributed by atoms with Crippen molar-refractivity contribution in [3.05, 3.63) is 23.8 Å². The van der Waals surface area contributed by atoms with Gasteiger partial charge in [-0.05, 0) is 43.0 Å². The van der Waals surface area contributed by atoms with E-state index in [0.717, 1.165) is 31.5 Å². The van der Waals surface area contributed by atoms with Gasteiger partial charge < -0.3 is 15.4 Å². The molecule has 1 atom stereocenters. The molecular formula is C13H16N2O2. The Morgan fingerprint density at radius 1 is 1.47 bits per heavy atom. The van der Waals surface area contributed by atoms with Gasteiger partial charge in [-0.15, -0.1) is 0 Å². The number of anilines is 2. The Bertz CT molecular complexity index is 439. The van der Waals surface area contributed by atoms with Crippen LogP contribution < -0.4 is 10.6 Å². The first-order chi connectivity index (χ1) is 8.33. The molecule has 2 heterocycles. The SMILES string of the molecule is O=C(Nc1ccc2c(c1)CCN2)[C@H]1CCCO1. The highest BCUT2D eigenvalue weighted by Gasteiger charge is 2.23. The van der Waals surface area contributed by atoms with Gasteiger partial charge in [0.05, 0.1) is 0 Å². The van der Waals surface area contributed by atoms with E-state index in [1.165, 1.54) is 11.3 Å². The fourth-order valence-electron chi connectivity index (χ4n) is 2.39. The Labute approximate surface area is 100 Å². The molecule has 0 saturated carbocycles. The number of nitrogens with one attached hydrogen (secondary N) is 2. The molecule has 2 N–H and O–H groups in total. The lowest BCUT2D eigenvalue weighted by atomic mass is 10.1. The minimum absolute atomic E-state index is 0.0200. The second-order valence-corrected chi connectivity index (χ2v) is 4.54. The van der Waals surface area contributed by atoms with Gasteiger partial charge in [0.1, 0.15) is 6.10 Å². The van der Waals surface area contributed by atoms with Gasteiger partial charge in [0.15, 0.2) is 0 Å². The zero-order valence-corrected chi connectivity index (χ0v) is 9.66. The molecule has 90 valence electrons. The zero-order valence-electron chi connectivity index (χ0n) is 9.66. The predicted molar refractivity (Wildman–Crippen MR) is 66.2 cm³/mol. The van der Waals surface area contributed by atoms with Crippen molar-refractivity contribution in [3.63, 3.8) is 0 Å². The average molecular weight is 232 g/mol. The van der Waals surface area contributed by atoms with Crippen molar-refractivity contribution in [3.8, 4) is 0 Å². The van der Waals surface area contributed by atoms with Crippen molar-refractivity contribution in [1.82, 2.24) is 0 Å². The van der Waals surface area contributed by atoms with Crippen LogP contribution in [0.3, 0.4) is 0 Å². The van der Waals surface area contributed by atoms with Gasteiger partial charge in [0.2, 0.25) is 0 Å². The van der Waals surface area contributed by atoms with E-state index in [2.05, 4.69) is 10.6 Å². The Kier molecular flexibility index (Phi) is 2.73. The van der Waals surface area contributed by atoms with Gasteiger partial charge >= 0.3 is 0 Å². The van der Waals surface area contributed by atoms with Gasteiger partial charge in [0, 0.05) is 24.5 Å². The molecule has 2 aliphatic rings. The van der Waals surface area contributed by atoms with E-state index in [0.29, 0.717) is 6.61 Å². The topological polar surface area (TPSA) is 50.4 Å². The molecule has 0 spiro atoms. The number of carbonyl (C=O) groups is 1.